The van der Waals surface area contributed by atoms with Crippen LogP contribution in [0.25, 0.3) is 0 Å². The molecule has 112 valence electrons. The Morgan fingerprint density at radius 1 is 1.30 bits per heavy atom. The van der Waals surface area contributed by atoms with E-state index in [-0.39, 0.29) is 12.1 Å². The SMILES string of the molecule is CC(C)NC(C)(CO)CN1CCCc2ccccc2C1. The lowest BCUT2D eigenvalue weighted by Crippen LogP contribution is -2.56. The van der Waals surface area contributed by atoms with Gasteiger partial charge >= 0.3 is 0 Å². The number of benzene rings is 1. The minimum Gasteiger partial charge on any atom is -0.394 e. The van der Waals surface area contributed by atoms with Crippen LogP contribution in [0.2, 0.25) is 0 Å². The van der Waals surface area contributed by atoms with Gasteiger partial charge in [0.2, 0.25) is 0 Å². The highest BCUT2D eigenvalue weighted by Crippen LogP contribution is 2.20. The van der Waals surface area contributed by atoms with Gasteiger partial charge in [-0.25, -0.2) is 0 Å². The standard InChI is InChI=1S/C17H28N2O/c1-14(2)18-17(3,13-20)12-19-10-6-9-15-7-4-5-8-16(15)11-19/h4-5,7-8,14,18,20H,6,9-13H2,1-3H3. The summed E-state index contributed by atoms with van der Waals surface area (Å²) < 4.78 is 0. The number of aliphatic hydroxyl groups is 1. The molecule has 0 saturated heterocycles. The Hall–Kier alpha value is -0.900. The number of aliphatic hydroxyl groups excluding tert-OH is 1. The van der Waals surface area contributed by atoms with Gasteiger partial charge < -0.3 is 10.4 Å². The zero-order valence-electron chi connectivity index (χ0n) is 13.0. The molecule has 0 aromatic heterocycles. The van der Waals surface area contributed by atoms with Crippen LogP contribution in [0, 0.1) is 0 Å². The van der Waals surface area contributed by atoms with Crippen LogP contribution in [0.15, 0.2) is 24.3 Å². The molecule has 3 nitrogen and oxygen atoms in total. The normalized spacial score (nSPS) is 19.4. The fraction of sp³-hybridized carbons (Fsp3) is 0.647. The van der Waals surface area contributed by atoms with Crippen molar-refractivity contribution in [3.8, 4) is 0 Å². The molecule has 1 aliphatic rings. The minimum atomic E-state index is -0.229. The summed E-state index contributed by atoms with van der Waals surface area (Å²) in [4.78, 5) is 2.47. The highest BCUT2D eigenvalue weighted by Gasteiger charge is 2.27. The van der Waals surface area contributed by atoms with Crippen LogP contribution in [0.1, 0.15) is 38.3 Å². The van der Waals surface area contributed by atoms with Crippen molar-refractivity contribution >= 4 is 0 Å². The summed E-state index contributed by atoms with van der Waals surface area (Å²) in [6.07, 6.45) is 2.36. The lowest BCUT2D eigenvalue weighted by atomic mass is 10.0. The van der Waals surface area contributed by atoms with Crippen molar-refractivity contribution in [1.29, 1.82) is 0 Å². The molecule has 1 aromatic carbocycles. The lowest BCUT2D eigenvalue weighted by Gasteiger charge is -2.36. The molecule has 1 aromatic rings. The summed E-state index contributed by atoms with van der Waals surface area (Å²) in [5.41, 5.74) is 2.69. The van der Waals surface area contributed by atoms with E-state index in [0.29, 0.717) is 6.04 Å². The highest BCUT2D eigenvalue weighted by atomic mass is 16.3. The Kier molecular flexibility index (Phi) is 5.19. The van der Waals surface area contributed by atoms with Gasteiger partial charge in [-0.05, 0) is 37.4 Å². The monoisotopic (exact) mass is 276 g/mol. The van der Waals surface area contributed by atoms with E-state index in [9.17, 15) is 5.11 Å². The first-order valence-electron chi connectivity index (χ1n) is 7.70. The second-order valence-electron chi connectivity index (χ2n) is 6.60. The summed E-state index contributed by atoms with van der Waals surface area (Å²) >= 11 is 0. The number of rotatable bonds is 5. The Bertz CT molecular complexity index is 433. The van der Waals surface area contributed by atoms with Crippen molar-refractivity contribution in [3.63, 3.8) is 0 Å². The molecule has 0 fully saturated rings. The zero-order chi connectivity index (χ0) is 14.6. The molecule has 0 amide bonds. The Morgan fingerprint density at radius 3 is 2.65 bits per heavy atom. The quantitative estimate of drug-likeness (QED) is 0.865. The summed E-state index contributed by atoms with van der Waals surface area (Å²) in [6.45, 7) is 9.52. The van der Waals surface area contributed by atoms with Crippen LogP contribution in [0.5, 0.6) is 0 Å². The average Bonchev–Trinajstić information content (AvgIpc) is 2.59. The third-order valence-electron chi connectivity index (χ3n) is 3.99. The number of aryl methyl sites for hydroxylation is 1. The van der Waals surface area contributed by atoms with Crippen molar-refractivity contribution in [2.45, 2.75) is 51.7 Å². The minimum absolute atomic E-state index is 0.170. The van der Waals surface area contributed by atoms with Gasteiger partial charge in [-0.15, -0.1) is 0 Å². The first-order chi connectivity index (χ1) is 9.52. The van der Waals surface area contributed by atoms with Gasteiger partial charge in [0.05, 0.1) is 12.1 Å². The third-order valence-corrected chi connectivity index (χ3v) is 3.99. The fourth-order valence-electron chi connectivity index (χ4n) is 3.24. The summed E-state index contributed by atoms with van der Waals surface area (Å²) in [5.74, 6) is 0. The maximum atomic E-state index is 9.74. The smallest absolute Gasteiger partial charge is 0.0623 e. The molecule has 1 atom stereocenters. The number of hydrogen-bond acceptors (Lipinski definition) is 3. The molecule has 0 saturated carbocycles. The van der Waals surface area contributed by atoms with Gasteiger partial charge in [0.15, 0.2) is 0 Å². The van der Waals surface area contributed by atoms with Gasteiger partial charge in [0.1, 0.15) is 0 Å². The van der Waals surface area contributed by atoms with Crippen LogP contribution >= 0.6 is 0 Å². The number of hydrogen-bond donors (Lipinski definition) is 2. The third kappa shape index (κ3) is 4.05. The summed E-state index contributed by atoms with van der Waals surface area (Å²) in [7, 11) is 0. The molecule has 1 aliphatic heterocycles. The van der Waals surface area contributed by atoms with E-state index < -0.39 is 0 Å². The molecule has 3 heteroatoms. The van der Waals surface area contributed by atoms with E-state index in [1.54, 1.807) is 0 Å². The van der Waals surface area contributed by atoms with E-state index in [1.807, 2.05) is 0 Å². The first kappa shape index (κ1) is 15.5. The summed E-state index contributed by atoms with van der Waals surface area (Å²) in [5, 5.41) is 13.2. The predicted octanol–water partition coefficient (Wildman–Crippen LogP) is 2.18. The van der Waals surface area contributed by atoms with E-state index >= 15 is 0 Å². The summed E-state index contributed by atoms with van der Waals surface area (Å²) in [6, 6.07) is 9.12. The average molecular weight is 276 g/mol. The van der Waals surface area contributed by atoms with Crippen LogP contribution < -0.4 is 5.32 Å². The van der Waals surface area contributed by atoms with Crippen molar-refractivity contribution in [2.75, 3.05) is 19.7 Å². The molecular formula is C17H28N2O. The van der Waals surface area contributed by atoms with Crippen LogP contribution in [-0.2, 0) is 13.0 Å². The van der Waals surface area contributed by atoms with Crippen molar-refractivity contribution < 1.29 is 5.11 Å². The Balaban J connectivity index is 2.06. The second kappa shape index (κ2) is 6.70. The Labute approximate surface area is 123 Å². The van der Waals surface area contributed by atoms with Gasteiger partial charge in [0, 0.05) is 19.1 Å². The zero-order valence-corrected chi connectivity index (χ0v) is 13.0. The van der Waals surface area contributed by atoms with Gasteiger partial charge in [-0.3, -0.25) is 4.90 Å². The Morgan fingerprint density at radius 2 is 2.00 bits per heavy atom. The van der Waals surface area contributed by atoms with Crippen molar-refractivity contribution in [2.24, 2.45) is 0 Å². The lowest BCUT2D eigenvalue weighted by molar-refractivity contribution is 0.110. The molecule has 0 aliphatic carbocycles. The molecule has 20 heavy (non-hydrogen) atoms. The van der Waals surface area contributed by atoms with Crippen LogP contribution in [0.3, 0.4) is 0 Å². The van der Waals surface area contributed by atoms with Gasteiger partial charge in [0.25, 0.3) is 0 Å². The van der Waals surface area contributed by atoms with Crippen LogP contribution in [-0.4, -0.2) is 41.3 Å². The van der Waals surface area contributed by atoms with E-state index in [2.05, 4.69) is 55.3 Å². The molecule has 0 radical (unpaired) electrons. The van der Waals surface area contributed by atoms with Gasteiger partial charge in [-0.2, -0.15) is 0 Å². The van der Waals surface area contributed by atoms with Crippen molar-refractivity contribution in [1.82, 2.24) is 10.2 Å². The molecule has 1 unspecified atom stereocenters. The maximum Gasteiger partial charge on any atom is 0.0623 e. The largest absolute Gasteiger partial charge is 0.394 e. The fourth-order valence-corrected chi connectivity index (χ4v) is 3.24. The number of nitrogens with zero attached hydrogens (tertiary/aromatic N) is 1. The molecule has 2 rings (SSSR count). The second-order valence-corrected chi connectivity index (χ2v) is 6.60. The van der Waals surface area contributed by atoms with Crippen LogP contribution in [0.4, 0.5) is 0 Å². The van der Waals surface area contributed by atoms with E-state index in [4.69, 9.17) is 0 Å². The molecule has 0 spiro atoms. The van der Waals surface area contributed by atoms with E-state index in [0.717, 1.165) is 19.6 Å². The molecular weight excluding hydrogens is 248 g/mol. The van der Waals surface area contributed by atoms with Gasteiger partial charge in [-0.1, -0.05) is 38.1 Å². The van der Waals surface area contributed by atoms with E-state index in [1.165, 1.54) is 24.0 Å². The maximum absolute atomic E-state index is 9.74. The number of nitrogens with one attached hydrogen (secondary N) is 1. The molecule has 0 bridgehead atoms. The topological polar surface area (TPSA) is 35.5 Å². The highest BCUT2D eigenvalue weighted by molar-refractivity contribution is 5.28. The first-order valence-corrected chi connectivity index (χ1v) is 7.70. The molecule has 1 heterocycles. The predicted molar refractivity (Wildman–Crippen MR) is 83.8 cm³/mol. The van der Waals surface area contributed by atoms with Crippen molar-refractivity contribution in [3.05, 3.63) is 35.4 Å². The molecule has 2 N–H and O–H groups in total. The number of fused-ring (bicyclic) bond motifs is 1.